The number of hydrogen-bond donors (Lipinski definition) is 2. The summed E-state index contributed by atoms with van der Waals surface area (Å²) in [5.41, 5.74) is 2.81. The van der Waals surface area contributed by atoms with E-state index in [4.69, 9.17) is 0 Å². The van der Waals surface area contributed by atoms with Gasteiger partial charge in [-0.05, 0) is 32.9 Å². The summed E-state index contributed by atoms with van der Waals surface area (Å²) in [7, 11) is 0. The average molecular weight is 301 g/mol. The predicted molar refractivity (Wildman–Crippen MR) is 81.8 cm³/mol. The number of likely N-dealkylation sites (N-methyl/N-ethyl adjacent to an activating group) is 1. The fourth-order valence-electron chi connectivity index (χ4n) is 1.97. The quantitative estimate of drug-likeness (QED) is 0.853. The van der Waals surface area contributed by atoms with Gasteiger partial charge < -0.3 is 10.6 Å². The maximum atomic E-state index is 12.1. The highest BCUT2D eigenvalue weighted by Crippen LogP contribution is 2.12. The third kappa shape index (κ3) is 3.49. The number of benzene rings is 1. The molecule has 2 N–H and O–H groups in total. The molecule has 22 heavy (non-hydrogen) atoms. The van der Waals surface area contributed by atoms with Crippen LogP contribution in [0.2, 0.25) is 0 Å². The minimum atomic E-state index is -0.415. The van der Waals surface area contributed by atoms with Gasteiger partial charge in [0.2, 0.25) is 5.91 Å². The Morgan fingerprint density at radius 2 is 1.82 bits per heavy atom. The smallest absolute Gasteiger partial charge is 0.274 e. The average Bonchev–Trinajstić information content (AvgIpc) is 2.88. The van der Waals surface area contributed by atoms with Crippen LogP contribution in [0.5, 0.6) is 0 Å². The summed E-state index contributed by atoms with van der Waals surface area (Å²) in [6.45, 7) is 6.02. The normalized spacial score (nSPS) is 10.3. The second-order valence-corrected chi connectivity index (χ2v) is 4.91. The van der Waals surface area contributed by atoms with Crippen LogP contribution in [0, 0.1) is 13.8 Å². The number of rotatable bonds is 5. The third-order valence-electron chi connectivity index (χ3n) is 3.17. The molecule has 1 aromatic carbocycles. The highest BCUT2D eigenvalue weighted by atomic mass is 16.2. The number of aromatic nitrogens is 3. The molecule has 116 valence electrons. The van der Waals surface area contributed by atoms with E-state index in [0.717, 1.165) is 11.3 Å². The lowest BCUT2D eigenvalue weighted by Crippen LogP contribution is -2.37. The van der Waals surface area contributed by atoms with Crippen LogP contribution in [0.1, 0.15) is 28.7 Å². The molecule has 0 aliphatic carbocycles. The van der Waals surface area contributed by atoms with Gasteiger partial charge in [-0.1, -0.05) is 22.9 Å². The highest BCUT2D eigenvalue weighted by Gasteiger charge is 2.17. The van der Waals surface area contributed by atoms with E-state index in [1.807, 2.05) is 38.1 Å². The summed E-state index contributed by atoms with van der Waals surface area (Å²) in [5.74, 6) is -0.651. The summed E-state index contributed by atoms with van der Waals surface area (Å²) >= 11 is 0. The van der Waals surface area contributed by atoms with Crippen LogP contribution in [0.4, 0.5) is 0 Å². The van der Waals surface area contributed by atoms with Crippen molar-refractivity contribution in [3.8, 4) is 5.69 Å². The van der Waals surface area contributed by atoms with Crippen molar-refractivity contribution >= 4 is 11.8 Å². The molecular formula is C15H19N5O2. The van der Waals surface area contributed by atoms with Crippen molar-refractivity contribution in [3.63, 3.8) is 0 Å². The van der Waals surface area contributed by atoms with Gasteiger partial charge in [-0.15, -0.1) is 5.10 Å². The first-order valence-corrected chi connectivity index (χ1v) is 7.07. The van der Waals surface area contributed by atoms with Crippen LogP contribution in [-0.2, 0) is 4.79 Å². The number of amides is 2. The first kappa shape index (κ1) is 15.7. The molecule has 7 nitrogen and oxygen atoms in total. The summed E-state index contributed by atoms with van der Waals surface area (Å²) in [5, 5.41) is 13.1. The fourth-order valence-corrected chi connectivity index (χ4v) is 1.97. The van der Waals surface area contributed by atoms with Gasteiger partial charge in [-0.2, -0.15) is 0 Å². The SMILES string of the molecule is CCNC(=O)CNC(=O)c1nnn(-c2ccc(C)cc2)c1C. The molecule has 0 saturated heterocycles. The molecule has 2 amide bonds. The second kappa shape index (κ2) is 6.84. The van der Waals surface area contributed by atoms with E-state index >= 15 is 0 Å². The van der Waals surface area contributed by atoms with E-state index in [1.54, 1.807) is 11.6 Å². The van der Waals surface area contributed by atoms with Gasteiger partial charge in [0.15, 0.2) is 5.69 Å². The molecular weight excluding hydrogens is 282 g/mol. The van der Waals surface area contributed by atoms with Gasteiger partial charge in [-0.3, -0.25) is 9.59 Å². The monoisotopic (exact) mass is 301 g/mol. The van der Waals surface area contributed by atoms with Crippen molar-refractivity contribution in [2.75, 3.05) is 13.1 Å². The summed E-state index contributed by atoms with van der Waals surface area (Å²) in [6, 6.07) is 7.75. The van der Waals surface area contributed by atoms with Crippen molar-refractivity contribution in [1.29, 1.82) is 0 Å². The zero-order valence-electron chi connectivity index (χ0n) is 12.9. The molecule has 0 saturated carbocycles. The molecule has 0 bridgehead atoms. The number of carbonyl (C=O) groups excluding carboxylic acids is 2. The molecule has 0 unspecified atom stereocenters. The maximum Gasteiger partial charge on any atom is 0.274 e. The summed E-state index contributed by atoms with van der Waals surface area (Å²) in [4.78, 5) is 23.4. The standard InChI is InChI=1S/C15H19N5O2/c1-4-16-13(21)9-17-15(22)14-11(3)20(19-18-14)12-7-5-10(2)6-8-12/h5-8H,4,9H2,1-3H3,(H,16,21)(H,17,22). The minimum Gasteiger partial charge on any atom is -0.355 e. The van der Waals surface area contributed by atoms with Crippen molar-refractivity contribution in [2.24, 2.45) is 0 Å². The van der Waals surface area contributed by atoms with Crippen LogP contribution in [0.3, 0.4) is 0 Å². The molecule has 0 atom stereocenters. The van der Waals surface area contributed by atoms with Gasteiger partial charge in [0.1, 0.15) is 0 Å². The molecule has 0 fully saturated rings. The lowest BCUT2D eigenvalue weighted by molar-refractivity contribution is -0.120. The Labute approximate surface area is 128 Å². The summed E-state index contributed by atoms with van der Waals surface area (Å²) < 4.78 is 1.60. The van der Waals surface area contributed by atoms with E-state index in [1.165, 1.54) is 0 Å². The molecule has 1 aromatic heterocycles. The Morgan fingerprint density at radius 1 is 1.14 bits per heavy atom. The van der Waals surface area contributed by atoms with E-state index in [9.17, 15) is 9.59 Å². The Hall–Kier alpha value is -2.70. The van der Waals surface area contributed by atoms with Gasteiger partial charge in [-0.25, -0.2) is 4.68 Å². The number of nitrogens with zero attached hydrogens (tertiary/aromatic N) is 3. The van der Waals surface area contributed by atoms with E-state index in [0.29, 0.717) is 12.2 Å². The Bertz CT molecular complexity index is 676. The molecule has 2 aromatic rings. The maximum absolute atomic E-state index is 12.1. The van der Waals surface area contributed by atoms with Crippen LogP contribution in [-0.4, -0.2) is 39.9 Å². The highest BCUT2D eigenvalue weighted by molar-refractivity contribution is 5.95. The van der Waals surface area contributed by atoms with Crippen molar-refractivity contribution in [3.05, 3.63) is 41.2 Å². The van der Waals surface area contributed by atoms with Gasteiger partial charge in [0.25, 0.3) is 5.91 Å². The first-order valence-electron chi connectivity index (χ1n) is 7.07. The number of aryl methyl sites for hydroxylation is 1. The Kier molecular flexibility index (Phi) is 4.88. The van der Waals surface area contributed by atoms with Gasteiger partial charge in [0, 0.05) is 6.54 Å². The minimum absolute atomic E-state index is 0.0799. The number of carbonyl (C=O) groups is 2. The lowest BCUT2D eigenvalue weighted by atomic mass is 10.2. The summed E-state index contributed by atoms with van der Waals surface area (Å²) in [6.07, 6.45) is 0. The van der Waals surface area contributed by atoms with Crippen molar-refractivity contribution in [2.45, 2.75) is 20.8 Å². The fraction of sp³-hybridized carbons (Fsp3) is 0.333. The topological polar surface area (TPSA) is 88.9 Å². The molecule has 0 aliphatic heterocycles. The molecule has 1 heterocycles. The van der Waals surface area contributed by atoms with Crippen LogP contribution < -0.4 is 10.6 Å². The number of hydrogen-bond acceptors (Lipinski definition) is 4. The Balaban J connectivity index is 2.12. The van der Waals surface area contributed by atoms with E-state index in [2.05, 4.69) is 20.9 Å². The van der Waals surface area contributed by atoms with Crippen LogP contribution in [0.25, 0.3) is 5.69 Å². The van der Waals surface area contributed by atoms with Gasteiger partial charge in [0.05, 0.1) is 17.9 Å². The zero-order chi connectivity index (χ0) is 16.1. The van der Waals surface area contributed by atoms with Crippen LogP contribution >= 0.6 is 0 Å². The van der Waals surface area contributed by atoms with Crippen molar-refractivity contribution < 1.29 is 9.59 Å². The molecule has 0 aliphatic rings. The molecule has 2 rings (SSSR count). The first-order chi connectivity index (χ1) is 10.5. The van der Waals surface area contributed by atoms with Gasteiger partial charge >= 0.3 is 0 Å². The van der Waals surface area contributed by atoms with E-state index in [-0.39, 0.29) is 18.1 Å². The third-order valence-corrected chi connectivity index (χ3v) is 3.17. The van der Waals surface area contributed by atoms with E-state index < -0.39 is 5.91 Å². The molecule has 0 spiro atoms. The predicted octanol–water partition coefficient (Wildman–Crippen LogP) is 0.750. The van der Waals surface area contributed by atoms with Crippen LogP contribution in [0.15, 0.2) is 24.3 Å². The Morgan fingerprint density at radius 3 is 2.45 bits per heavy atom. The second-order valence-electron chi connectivity index (χ2n) is 4.91. The molecule has 0 radical (unpaired) electrons. The number of nitrogens with one attached hydrogen (secondary N) is 2. The molecule has 7 heteroatoms. The zero-order valence-corrected chi connectivity index (χ0v) is 12.9. The lowest BCUT2D eigenvalue weighted by Gasteiger charge is -2.05. The largest absolute Gasteiger partial charge is 0.355 e. The van der Waals surface area contributed by atoms with Crippen molar-refractivity contribution in [1.82, 2.24) is 25.6 Å².